The highest BCUT2D eigenvalue weighted by molar-refractivity contribution is 5.90. The Morgan fingerprint density at radius 3 is 2.26 bits per heavy atom. The Morgan fingerprint density at radius 2 is 1.74 bits per heavy atom. The maximum atomic E-state index is 12.6. The lowest BCUT2D eigenvalue weighted by Crippen LogP contribution is -2.55. The number of carbonyl (C=O) groups excluding carboxylic acids is 1. The zero-order chi connectivity index (χ0) is 14.5. The number of hydrogen-bond donors (Lipinski definition) is 1. The third-order valence-electron chi connectivity index (χ3n) is 4.04. The topological polar surface area (TPSA) is 38.3 Å². The van der Waals surface area contributed by atoms with Crippen LogP contribution in [0.4, 0.5) is 5.69 Å². The summed E-state index contributed by atoms with van der Waals surface area (Å²) in [7, 11) is 0. The summed E-state index contributed by atoms with van der Waals surface area (Å²) in [5.74, 6) is -0.207. The summed E-state index contributed by atoms with van der Waals surface area (Å²) >= 11 is 0. The number of anilines is 1. The predicted molar refractivity (Wildman–Crippen MR) is 77.3 cm³/mol. The Labute approximate surface area is 115 Å². The molecule has 1 aliphatic rings. The van der Waals surface area contributed by atoms with Gasteiger partial charge < -0.3 is 10.1 Å². The van der Waals surface area contributed by atoms with Crippen LogP contribution in [-0.2, 0) is 14.9 Å². The largest absolute Gasteiger partial charge is 0.458 e. The van der Waals surface area contributed by atoms with Crippen LogP contribution >= 0.6 is 0 Å². The number of nitrogens with one attached hydrogen (secondary N) is 1. The van der Waals surface area contributed by atoms with E-state index in [4.69, 9.17) is 4.74 Å². The fraction of sp³-hybridized carbons (Fsp3) is 0.562. The Hall–Kier alpha value is -1.51. The second kappa shape index (κ2) is 3.99. The molecular weight excluding hydrogens is 238 g/mol. The number of carbonyl (C=O) groups is 1. The van der Waals surface area contributed by atoms with Gasteiger partial charge >= 0.3 is 5.97 Å². The fourth-order valence-electron chi connectivity index (χ4n) is 2.52. The van der Waals surface area contributed by atoms with Gasteiger partial charge in [0.05, 0.1) is 0 Å². The minimum Gasteiger partial charge on any atom is -0.458 e. The monoisotopic (exact) mass is 261 g/mol. The molecule has 1 atom stereocenters. The van der Waals surface area contributed by atoms with Gasteiger partial charge in [-0.05, 0) is 39.3 Å². The highest BCUT2D eigenvalue weighted by atomic mass is 16.6. The lowest BCUT2D eigenvalue weighted by molar-refractivity contribution is -0.162. The number of hydrogen-bond acceptors (Lipinski definition) is 3. The van der Waals surface area contributed by atoms with E-state index in [0.717, 1.165) is 11.3 Å². The second-order valence-corrected chi connectivity index (χ2v) is 6.92. The van der Waals surface area contributed by atoms with Gasteiger partial charge in [0.2, 0.25) is 0 Å². The molecule has 0 saturated carbocycles. The quantitative estimate of drug-likeness (QED) is 0.786. The first-order chi connectivity index (χ1) is 8.58. The molecule has 0 aromatic heterocycles. The van der Waals surface area contributed by atoms with Gasteiger partial charge in [-0.2, -0.15) is 0 Å². The van der Waals surface area contributed by atoms with Crippen LogP contribution in [0.2, 0.25) is 0 Å². The maximum absolute atomic E-state index is 12.6. The molecule has 1 aromatic rings. The molecule has 2 rings (SSSR count). The average molecular weight is 261 g/mol. The van der Waals surface area contributed by atoms with Crippen molar-refractivity contribution in [2.75, 3.05) is 5.32 Å². The Morgan fingerprint density at radius 1 is 1.16 bits per heavy atom. The molecule has 1 aliphatic heterocycles. The van der Waals surface area contributed by atoms with Gasteiger partial charge in [0, 0.05) is 11.1 Å². The second-order valence-electron chi connectivity index (χ2n) is 6.92. The van der Waals surface area contributed by atoms with E-state index < -0.39 is 11.1 Å². The minimum absolute atomic E-state index is 0.207. The first kappa shape index (κ1) is 13.9. The normalized spacial score (nSPS) is 24.5. The van der Waals surface area contributed by atoms with Crippen LogP contribution in [0, 0.1) is 0 Å². The number of ether oxygens (including phenoxy) is 1. The fourth-order valence-corrected chi connectivity index (χ4v) is 2.52. The summed E-state index contributed by atoms with van der Waals surface area (Å²) in [5, 5.41) is 3.35. The number of para-hydroxylation sites is 1. The molecule has 3 heteroatoms. The molecule has 0 saturated heterocycles. The molecule has 0 amide bonds. The van der Waals surface area contributed by atoms with Crippen LogP contribution < -0.4 is 5.32 Å². The molecule has 0 fully saturated rings. The molecule has 0 radical (unpaired) electrons. The van der Waals surface area contributed by atoms with Crippen molar-refractivity contribution >= 4 is 11.7 Å². The molecule has 104 valence electrons. The summed E-state index contributed by atoms with van der Waals surface area (Å²) in [6.07, 6.45) is 0. The first-order valence-corrected chi connectivity index (χ1v) is 6.69. The van der Waals surface area contributed by atoms with Gasteiger partial charge in [0.25, 0.3) is 0 Å². The van der Waals surface area contributed by atoms with Crippen molar-refractivity contribution in [3.8, 4) is 0 Å². The third-order valence-corrected chi connectivity index (χ3v) is 4.04. The van der Waals surface area contributed by atoms with Crippen molar-refractivity contribution in [3.63, 3.8) is 0 Å². The number of esters is 1. The maximum Gasteiger partial charge on any atom is 0.332 e. The van der Waals surface area contributed by atoms with E-state index in [-0.39, 0.29) is 11.4 Å². The summed E-state index contributed by atoms with van der Waals surface area (Å²) in [6.45, 7) is 11.8. The Balaban J connectivity index is 2.40. The molecule has 19 heavy (non-hydrogen) atoms. The number of rotatable bonds is 1. The van der Waals surface area contributed by atoms with Crippen LogP contribution in [0.5, 0.6) is 0 Å². The third kappa shape index (κ3) is 2.11. The number of fused-ring (bicyclic) bond motifs is 1. The molecule has 0 bridgehead atoms. The number of benzene rings is 1. The van der Waals surface area contributed by atoms with E-state index in [1.165, 1.54) is 0 Å². The van der Waals surface area contributed by atoms with Crippen molar-refractivity contribution in [1.82, 2.24) is 0 Å². The molecule has 0 aliphatic carbocycles. The molecule has 1 aromatic carbocycles. The van der Waals surface area contributed by atoms with Crippen LogP contribution in [0.1, 0.15) is 47.1 Å². The van der Waals surface area contributed by atoms with Gasteiger partial charge in [-0.3, -0.25) is 0 Å². The van der Waals surface area contributed by atoms with Crippen molar-refractivity contribution < 1.29 is 9.53 Å². The predicted octanol–water partition coefficient (Wildman–Crippen LogP) is 3.49. The lowest BCUT2D eigenvalue weighted by Gasteiger charge is -2.38. The SMILES string of the molecule is CC(C)(C)OC(=O)C1(C)Nc2ccccc2C1(C)C. The van der Waals surface area contributed by atoms with Crippen molar-refractivity contribution in [2.24, 2.45) is 0 Å². The van der Waals surface area contributed by atoms with E-state index in [2.05, 4.69) is 25.2 Å². The van der Waals surface area contributed by atoms with Crippen LogP contribution in [0.3, 0.4) is 0 Å². The first-order valence-electron chi connectivity index (χ1n) is 6.69. The summed E-state index contributed by atoms with van der Waals surface area (Å²) in [6, 6.07) is 8.05. The lowest BCUT2D eigenvalue weighted by atomic mass is 9.71. The average Bonchev–Trinajstić information content (AvgIpc) is 2.46. The van der Waals surface area contributed by atoms with Gasteiger partial charge in [-0.25, -0.2) is 4.79 Å². The Kier molecular flexibility index (Phi) is 2.92. The van der Waals surface area contributed by atoms with E-state index in [1.807, 2.05) is 45.9 Å². The van der Waals surface area contributed by atoms with Crippen LogP contribution in [0.25, 0.3) is 0 Å². The van der Waals surface area contributed by atoms with E-state index in [1.54, 1.807) is 0 Å². The molecule has 1 heterocycles. The molecular formula is C16H23NO2. The molecule has 1 N–H and O–H groups in total. The molecule has 3 nitrogen and oxygen atoms in total. The van der Waals surface area contributed by atoms with Gasteiger partial charge in [-0.15, -0.1) is 0 Å². The van der Waals surface area contributed by atoms with Gasteiger partial charge in [0.1, 0.15) is 11.1 Å². The minimum atomic E-state index is -0.746. The Bertz CT molecular complexity index is 514. The standard InChI is InChI=1S/C16H23NO2/c1-14(2,3)19-13(18)16(6)15(4,5)11-9-7-8-10-12(11)17-16/h7-10,17H,1-6H3. The van der Waals surface area contributed by atoms with E-state index >= 15 is 0 Å². The molecule has 1 unspecified atom stereocenters. The molecule has 0 spiro atoms. The summed E-state index contributed by atoms with van der Waals surface area (Å²) in [5.41, 5.74) is 0.631. The van der Waals surface area contributed by atoms with Crippen molar-refractivity contribution in [1.29, 1.82) is 0 Å². The van der Waals surface area contributed by atoms with E-state index in [0.29, 0.717) is 0 Å². The van der Waals surface area contributed by atoms with E-state index in [9.17, 15) is 4.79 Å². The van der Waals surface area contributed by atoms with Crippen LogP contribution in [0.15, 0.2) is 24.3 Å². The zero-order valence-corrected chi connectivity index (χ0v) is 12.6. The smallest absolute Gasteiger partial charge is 0.332 e. The van der Waals surface area contributed by atoms with Crippen molar-refractivity contribution in [3.05, 3.63) is 29.8 Å². The summed E-state index contributed by atoms with van der Waals surface area (Å²) in [4.78, 5) is 12.6. The van der Waals surface area contributed by atoms with Crippen molar-refractivity contribution in [2.45, 2.75) is 58.1 Å². The summed E-state index contributed by atoms with van der Waals surface area (Å²) < 4.78 is 5.59. The highest BCUT2D eigenvalue weighted by Crippen LogP contribution is 2.47. The van der Waals surface area contributed by atoms with Gasteiger partial charge in [0.15, 0.2) is 0 Å². The highest BCUT2D eigenvalue weighted by Gasteiger charge is 2.55. The zero-order valence-electron chi connectivity index (χ0n) is 12.6. The van der Waals surface area contributed by atoms with Crippen LogP contribution in [-0.4, -0.2) is 17.1 Å². The van der Waals surface area contributed by atoms with Gasteiger partial charge in [-0.1, -0.05) is 32.0 Å².